The van der Waals surface area contributed by atoms with Gasteiger partial charge in [0.15, 0.2) is 0 Å². The van der Waals surface area contributed by atoms with Gasteiger partial charge < -0.3 is 9.47 Å². The highest BCUT2D eigenvalue weighted by Gasteiger charge is 2.46. The van der Waals surface area contributed by atoms with Gasteiger partial charge in [-0.1, -0.05) is 13.2 Å². The molecule has 0 aromatic rings. The van der Waals surface area contributed by atoms with Gasteiger partial charge in [-0.05, 0) is 0 Å². The fourth-order valence-corrected chi connectivity index (χ4v) is 1.26. The number of hydrogen-bond acceptors (Lipinski definition) is 3. The van der Waals surface area contributed by atoms with Crippen molar-refractivity contribution in [2.75, 3.05) is 6.61 Å². The van der Waals surface area contributed by atoms with Crippen molar-refractivity contribution in [3.05, 3.63) is 24.7 Å². The predicted octanol–water partition coefficient (Wildman–Crippen LogP) is 1.52. The molecule has 2 saturated heterocycles. The van der Waals surface area contributed by atoms with Crippen molar-refractivity contribution in [2.45, 2.75) is 18.8 Å². The first-order valence-electron chi connectivity index (χ1n) is 3.58. The molecule has 2 aliphatic heterocycles. The van der Waals surface area contributed by atoms with Crippen LogP contribution in [-0.2, 0) is 14.2 Å². The number of ether oxygens (including phenoxy) is 3. The van der Waals surface area contributed by atoms with Crippen molar-refractivity contribution >= 4 is 0 Å². The minimum Gasteiger partial charge on any atom is -0.435 e. The lowest BCUT2D eigenvalue weighted by Crippen LogP contribution is -2.27. The molecule has 3 nitrogen and oxygen atoms in total. The van der Waals surface area contributed by atoms with Crippen LogP contribution < -0.4 is 0 Å². The summed E-state index contributed by atoms with van der Waals surface area (Å²) in [5, 5.41) is 0. The van der Waals surface area contributed by atoms with Crippen molar-refractivity contribution in [2.24, 2.45) is 0 Å². The van der Waals surface area contributed by atoms with E-state index in [4.69, 9.17) is 14.2 Å². The minimum absolute atomic E-state index is 0.424. The maximum atomic E-state index is 5.28. The third-order valence-corrected chi connectivity index (χ3v) is 1.76. The smallest absolute Gasteiger partial charge is 0.371 e. The third-order valence-electron chi connectivity index (χ3n) is 1.76. The molecule has 0 N–H and O–H groups in total. The fourth-order valence-electron chi connectivity index (χ4n) is 1.26. The first-order valence-corrected chi connectivity index (χ1v) is 3.58. The van der Waals surface area contributed by atoms with Crippen LogP contribution in [0.5, 0.6) is 0 Å². The highest BCUT2D eigenvalue weighted by molar-refractivity contribution is 4.98. The van der Waals surface area contributed by atoms with Crippen LogP contribution >= 0.6 is 0 Å². The molecule has 0 aromatic heterocycles. The van der Waals surface area contributed by atoms with Crippen molar-refractivity contribution in [3.63, 3.8) is 0 Å². The predicted molar refractivity (Wildman–Crippen MR) is 38.4 cm³/mol. The Morgan fingerprint density at radius 3 is 2.36 bits per heavy atom. The molecule has 1 unspecified atom stereocenters. The van der Waals surface area contributed by atoms with Crippen molar-refractivity contribution < 1.29 is 14.2 Å². The third kappa shape index (κ3) is 1.01. The van der Waals surface area contributed by atoms with Crippen molar-refractivity contribution in [3.8, 4) is 0 Å². The van der Waals surface area contributed by atoms with E-state index < -0.39 is 5.97 Å². The molecule has 0 aliphatic carbocycles. The van der Waals surface area contributed by atoms with Gasteiger partial charge in [-0.15, -0.1) is 0 Å². The van der Waals surface area contributed by atoms with E-state index in [1.807, 2.05) is 0 Å². The first kappa shape index (κ1) is 6.73. The Morgan fingerprint density at radius 2 is 1.91 bits per heavy atom. The van der Waals surface area contributed by atoms with Gasteiger partial charge in [-0.25, -0.2) is 0 Å². The highest BCUT2D eigenvalue weighted by atomic mass is 16.9. The SMILES string of the molecule is C=C1CCC2(OCC(=C)O2)O1. The monoisotopic (exact) mass is 154 g/mol. The molecular formula is C8H10O3. The van der Waals surface area contributed by atoms with E-state index in [1.54, 1.807) is 0 Å². The number of allylic oxidation sites excluding steroid dienone is 1. The molecule has 2 rings (SSSR count). The summed E-state index contributed by atoms with van der Waals surface area (Å²) < 4.78 is 15.8. The summed E-state index contributed by atoms with van der Waals surface area (Å²) in [7, 11) is 0. The summed E-state index contributed by atoms with van der Waals surface area (Å²) in [6, 6.07) is 0. The van der Waals surface area contributed by atoms with Gasteiger partial charge >= 0.3 is 5.97 Å². The summed E-state index contributed by atoms with van der Waals surface area (Å²) >= 11 is 0. The van der Waals surface area contributed by atoms with Crippen molar-refractivity contribution in [1.82, 2.24) is 0 Å². The van der Waals surface area contributed by atoms with Crippen LogP contribution in [0.3, 0.4) is 0 Å². The second-order valence-electron chi connectivity index (χ2n) is 2.75. The van der Waals surface area contributed by atoms with Crippen LogP contribution in [0.1, 0.15) is 12.8 Å². The Balaban J connectivity index is 2.13. The lowest BCUT2D eigenvalue weighted by molar-refractivity contribution is -0.289. The molecule has 0 aromatic carbocycles. The van der Waals surface area contributed by atoms with E-state index in [1.165, 1.54) is 0 Å². The minimum atomic E-state index is -0.867. The zero-order chi connectivity index (χ0) is 7.90. The normalized spacial score (nSPS) is 36.0. The average Bonchev–Trinajstić information content (AvgIpc) is 2.44. The second kappa shape index (κ2) is 2.01. The molecule has 3 heteroatoms. The van der Waals surface area contributed by atoms with Gasteiger partial charge in [-0.2, -0.15) is 0 Å². The molecule has 60 valence electrons. The van der Waals surface area contributed by atoms with Crippen LogP contribution in [-0.4, -0.2) is 12.6 Å². The van der Waals surface area contributed by atoms with Gasteiger partial charge in [0.25, 0.3) is 0 Å². The Bertz CT molecular complexity index is 195. The molecule has 1 spiro atoms. The zero-order valence-electron chi connectivity index (χ0n) is 6.26. The quantitative estimate of drug-likeness (QED) is 0.529. The molecule has 2 fully saturated rings. The average molecular weight is 154 g/mol. The molecule has 0 saturated carbocycles. The molecule has 2 heterocycles. The van der Waals surface area contributed by atoms with Gasteiger partial charge in [0.1, 0.15) is 12.4 Å². The lowest BCUT2D eigenvalue weighted by Gasteiger charge is -2.19. The van der Waals surface area contributed by atoms with E-state index in [0.29, 0.717) is 18.8 Å². The summed E-state index contributed by atoms with van der Waals surface area (Å²) in [6.45, 7) is 7.75. The second-order valence-corrected chi connectivity index (χ2v) is 2.75. The maximum absolute atomic E-state index is 5.28. The Labute approximate surface area is 65.2 Å². The van der Waals surface area contributed by atoms with Gasteiger partial charge in [0.2, 0.25) is 0 Å². The molecule has 0 bridgehead atoms. The molecular weight excluding hydrogens is 144 g/mol. The zero-order valence-corrected chi connectivity index (χ0v) is 6.26. The topological polar surface area (TPSA) is 27.7 Å². The number of hydrogen-bond donors (Lipinski definition) is 0. The van der Waals surface area contributed by atoms with E-state index >= 15 is 0 Å². The summed E-state index contributed by atoms with van der Waals surface area (Å²) in [6.07, 6.45) is 1.51. The largest absolute Gasteiger partial charge is 0.435 e. The summed E-state index contributed by atoms with van der Waals surface area (Å²) in [5.74, 6) is 0.480. The fraction of sp³-hybridized carbons (Fsp3) is 0.500. The molecule has 0 radical (unpaired) electrons. The lowest BCUT2D eigenvalue weighted by atomic mass is 10.3. The van der Waals surface area contributed by atoms with Gasteiger partial charge in [-0.3, -0.25) is 4.74 Å². The van der Waals surface area contributed by atoms with Crippen LogP contribution in [0.15, 0.2) is 24.7 Å². The molecule has 2 aliphatic rings. The molecule has 11 heavy (non-hydrogen) atoms. The van der Waals surface area contributed by atoms with Crippen LogP contribution in [0.25, 0.3) is 0 Å². The maximum Gasteiger partial charge on any atom is 0.371 e. The van der Waals surface area contributed by atoms with E-state index in [2.05, 4.69) is 13.2 Å². The first-order chi connectivity index (χ1) is 5.20. The Morgan fingerprint density at radius 1 is 1.18 bits per heavy atom. The number of rotatable bonds is 0. The van der Waals surface area contributed by atoms with Crippen LogP contribution in [0.2, 0.25) is 0 Å². The van der Waals surface area contributed by atoms with E-state index in [9.17, 15) is 0 Å². The van der Waals surface area contributed by atoms with Crippen LogP contribution in [0, 0.1) is 0 Å². The van der Waals surface area contributed by atoms with E-state index in [-0.39, 0.29) is 0 Å². The van der Waals surface area contributed by atoms with Crippen LogP contribution in [0.4, 0.5) is 0 Å². The Kier molecular flexibility index (Phi) is 1.23. The van der Waals surface area contributed by atoms with Gasteiger partial charge in [0.05, 0.1) is 12.2 Å². The van der Waals surface area contributed by atoms with Gasteiger partial charge in [0, 0.05) is 6.42 Å². The molecule has 1 atom stereocenters. The van der Waals surface area contributed by atoms with Crippen molar-refractivity contribution in [1.29, 1.82) is 0 Å². The Hall–Kier alpha value is -0.960. The standard InChI is InChI=1S/C8H10O3/c1-6-3-4-8(10-6)9-5-7(2)11-8/h1-5H2. The van der Waals surface area contributed by atoms with E-state index in [0.717, 1.165) is 12.2 Å². The molecule has 0 amide bonds. The summed E-state index contributed by atoms with van der Waals surface area (Å²) in [4.78, 5) is 0. The highest BCUT2D eigenvalue weighted by Crippen LogP contribution is 2.39. The summed E-state index contributed by atoms with van der Waals surface area (Å²) in [5.41, 5.74) is 0.